The van der Waals surface area contributed by atoms with Gasteiger partial charge in [0, 0.05) is 17.4 Å². The molecule has 0 radical (unpaired) electrons. The molecule has 6 nitrogen and oxygen atoms in total. The van der Waals surface area contributed by atoms with Gasteiger partial charge in [0.1, 0.15) is 0 Å². The third kappa shape index (κ3) is 5.21. The fourth-order valence-corrected chi connectivity index (χ4v) is 4.45. The van der Waals surface area contributed by atoms with Crippen LogP contribution in [0.1, 0.15) is 37.1 Å². The van der Waals surface area contributed by atoms with Crippen molar-refractivity contribution in [3.05, 3.63) is 66.0 Å². The van der Waals surface area contributed by atoms with Crippen LogP contribution in [-0.2, 0) is 11.3 Å². The van der Waals surface area contributed by atoms with E-state index in [1.54, 1.807) is 0 Å². The van der Waals surface area contributed by atoms with Gasteiger partial charge < -0.3 is 10.6 Å². The van der Waals surface area contributed by atoms with Crippen molar-refractivity contribution in [2.24, 2.45) is 0 Å². The SMILES string of the molecule is Cc1ccc(NCc2nnc(SCC(=O)NC3CCCC3)n2-c2ccccc2)cc1. The van der Waals surface area contributed by atoms with Crippen LogP contribution < -0.4 is 10.6 Å². The van der Waals surface area contributed by atoms with Gasteiger partial charge in [-0.05, 0) is 44.0 Å². The van der Waals surface area contributed by atoms with E-state index in [0.717, 1.165) is 35.2 Å². The zero-order valence-electron chi connectivity index (χ0n) is 17.2. The molecule has 0 unspecified atom stereocenters. The Morgan fingerprint density at radius 2 is 1.80 bits per heavy atom. The molecular weight excluding hydrogens is 394 g/mol. The predicted molar refractivity (Wildman–Crippen MR) is 121 cm³/mol. The first-order valence-corrected chi connectivity index (χ1v) is 11.4. The molecule has 1 aromatic heterocycles. The molecule has 1 fully saturated rings. The van der Waals surface area contributed by atoms with Crippen molar-refractivity contribution in [3.8, 4) is 5.69 Å². The van der Waals surface area contributed by atoms with Crippen molar-refractivity contribution in [2.45, 2.75) is 50.4 Å². The maximum atomic E-state index is 12.4. The Kier molecular flexibility index (Phi) is 6.69. The molecule has 0 spiro atoms. The summed E-state index contributed by atoms with van der Waals surface area (Å²) in [4.78, 5) is 12.4. The highest BCUT2D eigenvalue weighted by Gasteiger charge is 2.19. The van der Waals surface area contributed by atoms with Gasteiger partial charge >= 0.3 is 0 Å². The summed E-state index contributed by atoms with van der Waals surface area (Å²) < 4.78 is 2.02. The van der Waals surface area contributed by atoms with Crippen molar-refractivity contribution >= 4 is 23.4 Å². The summed E-state index contributed by atoms with van der Waals surface area (Å²) >= 11 is 1.43. The number of amides is 1. The number of benzene rings is 2. The van der Waals surface area contributed by atoms with Crippen molar-refractivity contribution in [2.75, 3.05) is 11.1 Å². The molecule has 1 amide bonds. The number of hydrogen-bond acceptors (Lipinski definition) is 5. The molecule has 1 heterocycles. The van der Waals surface area contributed by atoms with Gasteiger partial charge in [-0.25, -0.2) is 0 Å². The molecular formula is C23H27N5OS. The lowest BCUT2D eigenvalue weighted by Gasteiger charge is -2.13. The minimum Gasteiger partial charge on any atom is -0.378 e. The maximum Gasteiger partial charge on any atom is 0.230 e. The van der Waals surface area contributed by atoms with Gasteiger partial charge in [0.2, 0.25) is 5.91 Å². The van der Waals surface area contributed by atoms with E-state index < -0.39 is 0 Å². The van der Waals surface area contributed by atoms with E-state index in [9.17, 15) is 4.79 Å². The first-order valence-electron chi connectivity index (χ1n) is 10.4. The Morgan fingerprint density at radius 3 is 2.53 bits per heavy atom. The number of aryl methyl sites for hydroxylation is 1. The first kappa shape index (κ1) is 20.5. The highest BCUT2D eigenvalue weighted by atomic mass is 32.2. The average molecular weight is 422 g/mol. The lowest BCUT2D eigenvalue weighted by atomic mass is 10.2. The smallest absolute Gasteiger partial charge is 0.230 e. The van der Waals surface area contributed by atoms with Crippen LogP contribution in [0.25, 0.3) is 5.69 Å². The third-order valence-corrected chi connectivity index (χ3v) is 6.20. The van der Waals surface area contributed by atoms with Crippen molar-refractivity contribution < 1.29 is 4.79 Å². The number of nitrogens with one attached hydrogen (secondary N) is 2. The van der Waals surface area contributed by atoms with Crippen molar-refractivity contribution in [1.29, 1.82) is 0 Å². The van der Waals surface area contributed by atoms with E-state index in [-0.39, 0.29) is 5.91 Å². The van der Waals surface area contributed by atoms with Gasteiger partial charge in [0.05, 0.1) is 12.3 Å². The summed E-state index contributed by atoms with van der Waals surface area (Å²) in [6, 6.07) is 18.6. The Hall–Kier alpha value is -2.80. The van der Waals surface area contributed by atoms with Crippen LogP contribution >= 0.6 is 11.8 Å². The Bertz CT molecular complexity index is 965. The second-order valence-corrected chi connectivity index (χ2v) is 8.57. The molecule has 1 aliphatic rings. The normalized spacial score (nSPS) is 14.0. The molecule has 0 aliphatic heterocycles. The van der Waals surface area contributed by atoms with Crippen LogP contribution in [0.4, 0.5) is 5.69 Å². The summed E-state index contributed by atoms with van der Waals surface area (Å²) in [6.45, 7) is 2.61. The van der Waals surface area contributed by atoms with Crippen LogP contribution in [0.5, 0.6) is 0 Å². The van der Waals surface area contributed by atoms with Crippen molar-refractivity contribution in [1.82, 2.24) is 20.1 Å². The van der Waals surface area contributed by atoms with E-state index in [2.05, 4.69) is 52.0 Å². The fraction of sp³-hybridized carbons (Fsp3) is 0.348. The minimum absolute atomic E-state index is 0.0637. The molecule has 2 N–H and O–H groups in total. The van der Waals surface area contributed by atoms with Gasteiger partial charge in [-0.15, -0.1) is 10.2 Å². The molecule has 0 atom stereocenters. The van der Waals surface area contributed by atoms with Crippen molar-refractivity contribution in [3.63, 3.8) is 0 Å². The quantitative estimate of drug-likeness (QED) is 0.530. The van der Waals surface area contributed by atoms with E-state index in [1.807, 2.05) is 34.9 Å². The second kappa shape index (κ2) is 9.80. The van der Waals surface area contributed by atoms with Crippen LogP contribution in [0.15, 0.2) is 59.8 Å². The van der Waals surface area contributed by atoms with E-state index in [0.29, 0.717) is 18.3 Å². The molecule has 7 heteroatoms. The predicted octanol–water partition coefficient (Wildman–Crippen LogP) is 4.34. The molecule has 4 rings (SSSR count). The van der Waals surface area contributed by atoms with Crippen LogP contribution in [0, 0.1) is 6.92 Å². The molecule has 0 bridgehead atoms. The van der Waals surface area contributed by atoms with Gasteiger partial charge in [0.15, 0.2) is 11.0 Å². The molecule has 30 heavy (non-hydrogen) atoms. The highest BCUT2D eigenvalue weighted by molar-refractivity contribution is 7.99. The zero-order valence-corrected chi connectivity index (χ0v) is 18.0. The van der Waals surface area contributed by atoms with Gasteiger partial charge in [0.25, 0.3) is 0 Å². The summed E-state index contributed by atoms with van der Waals surface area (Å²) in [5.74, 6) is 1.21. The third-order valence-electron chi connectivity index (χ3n) is 5.27. The monoisotopic (exact) mass is 421 g/mol. The van der Waals surface area contributed by atoms with Gasteiger partial charge in [-0.1, -0.05) is 60.5 Å². The van der Waals surface area contributed by atoms with E-state index in [1.165, 1.54) is 30.2 Å². The second-order valence-electron chi connectivity index (χ2n) is 7.63. The summed E-state index contributed by atoms with van der Waals surface area (Å²) in [5.41, 5.74) is 3.25. The Morgan fingerprint density at radius 1 is 1.07 bits per heavy atom. The van der Waals surface area contributed by atoms with Gasteiger partial charge in [-0.2, -0.15) is 0 Å². The molecule has 3 aromatic rings. The molecule has 1 saturated carbocycles. The molecule has 156 valence electrons. The summed E-state index contributed by atoms with van der Waals surface area (Å²) in [5, 5.41) is 16.1. The van der Waals surface area contributed by atoms with Crippen LogP contribution in [0.3, 0.4) is 0 Å². The first-order chi connectivity index (χ1) is 14.7. The number of aromatic nitrogens is 3. The lowest BCUT2D eigenvalue weighted by molar-refractivity contribution is -0.119. The zero-order chi connectivity index (χ0) is 20.8. The van der Waals surface area contributed by atoms with E-state index >= 15 is 0 Å². The number of carbonyl (C=O) groups is 1. The van der Waals surface area contributed by atoms with E-state index in [4.69, 9.17) is 0 Å². The lowest BCUT2D eigenvalue weighted by Crippen LogP contribution is -2.33. The molecule has 2 aromatic carbocycles. The maximum absolute atomic E-state index is 12.4. The van der Waals surface area contributed by atoms with Gasteiger partial charge in [-0.3, -0.25) is 9.36 Å². The Balaban J connectivity index is 1.47. The summed E-state index contributed by atoms with van der Waals surface area (Å²) in [7, 11) is 0. The minimum atomic E-state index is 0.0637. The highest BCUT2D eigenvalue weighted by Crippen LogP contribution is 2.23. The van der Waals surface area contributed by atoms with Crippen LogP contribution in [0.2, 0.25) is 0 Å². The number of thioether (sulfide) groups is 1. The number of nitrogens with zero attached hydrogens (tertiary/aromatic N) is 3. The fourth-order valence-electron chi connectivity index (χ4n) is 3.67. The largest absolute Gasteiger partial charge is 0.378 e. The summed E-state index contributed by atoms with van der Waals surface area (Å²) in [6.07, 6.45) is 4.59. The number of anilines is 1. The number of hydrogen-bond donors (Lipinski definition) is 2. The van der Waals surface area contributed by atoms with Crippen LogP contribution in [-0.4, -0.2) is 32.5 Å². The standard InChI is InChI=1S/C23H27N5OS/c1-17-11-13-18(14-12-17)24-15-21-26-27-23(28(21)20-9-3-2-4-10-20)30-16-22(29)25-19-7-5-6-8-19/h2-4,9-14,19,24H,5-8,15-16H2,1H3,(H,25,29). The number of rotatable bonds is 8. The molecule has 0 saturated heterocycles. The topological polar surface area (TPSA) is 71.8 Å². The molecule has 1 aliphatic carbocycles. The number of para-hydroxylation sites is 1. The number of carbonyl (C=O) groups excluding carboxylic acids is 1. The average Bonchev–Trinajstić information content (AvgIpc) is 3.42. The Labute approximate surface area is 181 Å².